The van der Waals surface area contributed by atoms with Gasteiger partial charge in [-0.2, -0.15) is 24.5 Å². The van der Waals surface area contributed by atoms with Crippen molar-refractivity contribution in [3.8, 4) is 11.1 Å². The van der Waals surface area contributed by atoms with Crippen molar-refractivity contribution < 1.29 is 27.9 Å². The van der Waals surface area contributed by atoms with Crippen molar-refractivity contribution >= 4 is 23.0 Å². The van der Waals surface area contributed by atoms with E-state index in [-0.39, 0.29) is 18.6 Å². The van der Waals surface area contributed by atoms with Crippen LogP contribution in [0.25, 0.3) is 16.8 Å². The second-order valence-corrected chi connectivity index (χ2v) is 8.05. The Kier molecular flexibility index (Phi) is 8.26. The molecule has 0 saturated carbocycles. The number of carboxylic acid groups (broad SMARTS) is 1. The maximum atomic E-state index is 13.6. The van der Waals surface area contributed by atoms with Gasteiger partial charge in [0, 0.05) is 13.1 Å². The highest BCUT2D eigenvalue weighted by molar-refractivity contribution is 7.08. The van der Waals surface area contributed by atoms with E-state index < -0.39 is 17.7 Å². The highest BCUT2D eigenvalue weighted by Gasteiger charge is 2.33. The van der Waals surface area contributed by atoms with Crippen molar-refractivity contribution in [2.24, 2.45) is 0 Å². The molecule has 0 fully saturated rings. The van der Waals surface area contributed by atoms with Crippen LogP contribution in [0.1, 0.15) is 28.7 Å². The van der Waals surface area contributed by atoms with E-state index in [0.29, 0.717) is 29.9 Å². The number of alkyl halides is 3. The Hall–Kier alpha value is -3.14. The molecule has 2 aromatic carbocycles. The summed E-state index contributed by atoms with van der Waals surface area (Å²) in [6.07, 6.45) is -4.46. The third kappa shape index (κ3) is 7.18. The van der Waals surface area contributed by atoms with Crippen molar-refractivity contribution in [1.29, 1.82) is 0 Å². The molecule has 3 N–H and O–H groups in total. The lowest BCUT2D eigenvalue weighted by atomic mass is 10.0. The highest BCUT2D eigenvalue weighted by Crippen LogP contribution is 2.35. The minimum absolute atomic E-state index is 0.0181. The standard InChI is InChI=1S/C24H23F3N2O3S/c1-16(18-4-2-17(3-5-18)13-28-10-8-23(30)31)29-32-14-20-7-6-19(21-9-11-33-15-21)12-22(20)24(25,26)27/h2-7,9,11-12,15,28-29H,1,8,10,13-14H2,(H,30,31). The molecule has 0 spiro atoms. The van der Waals surface area contributed by atoms with Gasteiger partial charge in [0.05, 0.1) is 17.7 Å². The lowest BCUT2D eigenvalue weighted by Crippen LogP contribution is -2.17. The Morgan fingerprint density at radius 1 is 1.09 bits per heavy atom. The molecule has 0 saturated heterocycles. The first-order valence-electron chi connectivity index (χ1n) is 10.1. The van der Waals surface area contributed by atoms with Crippen molar-refractivity contribution in [3.63, 3.8) is 0 Å². The maximum absolute atomic E-state index is 13.6. The van der Waals surface area contributed by atoms with Crippen LogP contribution in [0.4, 0.5) is 13.2 Å². The second-order valence-electron chi connectivity index (χ2n) is 7.27. The number of benzene rings is 2. The molecule has 0 unspecified atom stereocenters. The minimum atomic E-state index is -4.50. The van der Waals surface area contributed by atoms with Crippen LogP contribution in [-0.4, -0.2) is 17.6 Å². The summed E-state index contributed by atoms with van der Waals surface area (Å²) in [4.78, 5) is 15.8. The van der Waals surface area contributed by atoms with Gasteiger partial charge in [-0.1, -0.05) is 43.0 Å². The molecular formula is C24H23F3N2O3S. The van der Waals surface area contributed by atoms with Crippen LogP contribution in [-0.2, 0) is 29.0 Å². The fraction of sp³-hybridized carbons (Fsp3) is 0.208. The quantitative estimate of drug-likeness (QED) is 0.245. The van der Waals surface area contributed by atoms with Crippen LogP contribution in [0.5, 0.6) is 0 Å². The number of nitrogens with one attached hydrogen (secondary N) is 2. The van der Waals surface area contributed by atoms with Crippen molar-refractivity contribution in [1.82, 2.24) is 10.8 Å². The maximum Gasteiger partial charge on any atom is 0.416 e. The average Bonchev–Trinajstić information content (AvgIpc) is 3.31. The summed E-state index contributed by atoms with van der Waals surface area (Å²) in [6.45, 7) is 4.46. The molecule has 0 bridgehead atoms. The molecule has 9 heteroatoms. The SMILES string of the molecule is C=C(NOCc1ccc(-c2ccsc2)cc1C(F)(F)F)c1ccc(CNCCC(=O)O)cc1. The summed E-state index contributed by atoms with van der Waals surface area (Å²) in [6, 6.07) is 13.3. The summed E-state index contributed by atoms with van der Waals surface area (Å²) >= 11 is 1.42. The zero-order valence-electron chi connectivity index (χ0n) is 17.6. The van der Waals surface area contributed by atoms with Gasteiger partial charge in [-0.25, -0.2) is 0 Å². The molecule has 1 heterocycles. The summed E-state index contributed by atoms with van der Waals surface area (Å²) in [5, 5.41) is 15.3. The summed E-state index contributed by atoms with van der Waals surface area (Å²) in [5.74, 6) is -0.860. The van der Waals surface area contributed by atoms with Gasteiger partial charge in [-0.15, -0.1) is 0 Å². The van der Waals surface area contributed by atoms with Gasteiger partial charge < -0.3 is 10.4 Å². The largest absolute Gasteiger partial charge is 0.481 e. The van der Waals surface area contributed by atoms with E-state index in [2.05, 4.69) is 17.4 Å². The Bertz CT molecular complexity index is 1080. The van der Waals surface area contributed by atoms with Crippen LogP contribution in [0, 0.1) is 0 Å². The van der Waals surface area contributed by atoms with E-state index in [4.69, 9.17) is 9.94 Å². The summed E-state index contributed by atoms with van der Waals surface area (Å²) in [7, 11) is 0. The Balaban J connectivity index is 1.56. The number of hydroxylamine groups is 1. The number of thiophene rings is 1. The monoisotopic (exact) mass is 476 g/mol. The van der Waals surface area contributed by atoms with Gasteiger partial charge in [0.1, 0.15) is 6.61 Å². The van der Waals surface area contributed by atoms with Gasteiger partial charge in [-0.3, -0.25) is 15.1 Å². The molecule has 1 aromatic heterocycles. The molecule has 3 rings (SSSR count). The molecule has 0 aliphatic heterocycles. The molecule has 0 atom stereocenters. The van der Waals surface area contributed by atoms with Gasteiger partial charge in [-0.05, 0) is 50.7 Å². The Morgan fingerprint density at radius 3 is 2.48 bits per heavy atom. The van der Waals surface area contributed by atoms with E-state index in [1.165, 1.54) is 17.4 Å². The zero-order chi connectivity index (χ0) is 23.8. The minimum Gasteiger partial charge on any atom is -0.481 e. The van der Waals surface area contributed by atoms with E-state index in [1.54, 1.807) is 29.6 Å². The highest BCUT2D eigenvalue weighted by atomic mass is 32.1. The third-order valence-electron chi connectivity index (χ3n) is 4.84. The Labute approximate surface area is 193 Å². The van der Waals surface area contributed by atoms with Crippen LogP contribution < -0.4 is 10.8 Å². The molecule has 5 nitrogen and oxygen atoms in total. The number of rotatable bonds is 11. The topological polar surface area (TPSA) is 70.6 Å². The van der Waals surface area contributed by atoms with E-state index in [9.17, 15) is 18.0 Å². The van der Waals surface area contributed by atoms with E-state index >= 15 is 0 Å². The predicted molar refractivity (Wildman–Crippen MR) is 122 cm³/mol. The average molecular weight is 477 g/mol. The summed E-state index contributed by atoms with van der Waals surface area (Å²) < 4.78 is 40.8. The normalized spacial score (nSPS) is 11.4. The van der Waals surface area contributed by atoms with Gasteiger partial charge in [0.25, 0.3) is 0 Å². The van der Waals surface area contributed by atoms with Crippen molar-refractivity contribution in [2.75, 3.05) is 6.54 Å². The molecule has 0 radical (unpaired) electrons. The lowest BCUT2D eigenvalue weighted by molar-refractivity contribution is -0.139. The molecular weight excluding hydrogens is 453 g/mol. The number of carboxylic acids is 1. The van der Waals surface area contributed by atoms with Crippen LogP contribution in [0.2, 0.25) is 0 Å². The molecule has 0 aliphatic carbocycles. The van der Waals surface area contributed by atoms with Gasteiger partial charge in [0.15, 0.2) is 0 Å². The number of halogens is 3. The van der Waals surface area contributed by atoms with Gasteiger partial charge in [0.2, 0.25) is 0 Å². The second kappa shape index (κ2) is 11.1. The molecule has 0 amide bonds. The first-order chi connectivity index (χ1) is 15.7. The third-order valence-corrected chi connectivity index (χ3v) is 5.52. The summed E-state index contributed by atoms with van der Waals surface area (Å²) in [5.41, 5.74) is 5.21. The van der Waals surface area contributed by atoms with E-state index in [1.807, 2.05) is 17.5 Å². The smallest absolute Gasteiger partial charge is 0.416 e. The number of aliphatic carboxylic acids is 1. The Morgan fingerprint density at radius 2 is 1.85 bits per heavy atom. The number of hydrogen-bond donors (Lipinski definition) is 3. The first-order valence-corrected chi connectivity index (χ1v) is 11.0. The fourth-order valence-electron chi connectivity index (χ4n) is 3.09. The molecule has 0 aliphatic rings. The fourth-order valence-corrected chi connectivity index (χ4v) is 3.75. The van der Waals surface area contributed by atoms with Crippen LogP contribution >= 0.6 is 11.3 Å². The molecule has 3 aromatic rings. The van der Waals surface area contributed by atoms with E-state index in [0.717, 1.165) is 17.2 Å². The lowest BCUT2D eigenvalue weighted by Gasteiger charge is -2.16. The van der Waals surface area contributed by atoms with Crippen LogP contribution in [0.15, 0.2) is 65.9 Å². The number of carbonyl (C=O) groups is 1. The number of hydrogen-bond acceptors (Lipinski definition) is 5. The molecule has 174 valence electrons. The first kappa shape index (κ1) is 24.5. The van der Waals surface area contributed by atoms with Gasteiger partial charge >= 0.3 is 12.1 Å². The molecule has 33 heavy (non-hydrogen) atoms. The predicted octanol–water partition coefficient (Wildman–Crippen LogP) is 5.69. The zero-order valence-corrected chi connectivity index (χ0v) is 18.4. The van der Waals surface area contributed by atoms with Crippen molar-refractivity contribution in [3.05, 3.63) is 88.1 Å². The van der Waals surface area contributed by atoms with Crippen molar-refractivity contribution in [2.45, 2.75) is 25.7 Å². The van der Waals surface area contributed by atoms with Crippen LogP contribution in [0.3, 0.4) is 0 Å².